The second-order valence-electron chi connectivity index (χ2n) is 9.89. The molecule has 202 valence electrons. The maximum absolute atomic E-state index is 13.8. The average Bonchev–Trinajstić information content (AvgIpc) is 2.83. The van der Waals surface area contributed by atoms with Gasteiger partial charge in [0.05, 0.1) is 6.61 Å². The van der Waals surface area contributed by atoms with Gasteiger partial charge in [0.2, 0.25) is 5.91 Å². The lowest BCUT2D eigenvalue weighted by Gasteiger charge is -2.34. The summed E-state index contributed by atoms with van der Waals surface area (Å²) in [5.74, 6) is -1.35. The van der Waals surface area contributed by atoms with Crippen molar-refractivity contribution in [2.45, 2.75) is 71.6 Å². The van der Waals surface area contributed by atoms with Crippen LogP contribution in [0.1, 0.15) is 64.1 Å². The van der Waals surface area contributed by atoms with Gasteiger partial charge in [-0.05, 0) is 51.8 Å². The number of nitrogens with zero attached hydrogens (tertiary/aromatic N) is 1. The topological polar surface area (TPSA) is 128 Å². The van der Waals surface area contributed by atoms with Gasteiger partial charge in [0, 0.05) is 17.8 Å². The number of phenols is 1. The fourth-order valence-electron chi connectivity index (χ4n) is 3.82. The Hall–Kier alpha value is -3.59. The van der Waals surface area contributed by atoms with Crippen LogP contribution in [-0.4, -0.2) is 57.8 Å². The lowest BCUT2D eigenvalue weighted by molar-refractivity contribution is -0.141. The maximum atomic E-state index is 13.8. The van der Waals surface area contributed by atoms with Crippen LogP contribution in [0.15, 0.2) is 48.5 Å². The molecule has 0 saturated carbocycles. The monoisotopic (exact) mass is 513 g/mol. The molecule has 0 aliphatic rings. The SMILES string of the molecule is CCCCCN(C(=O)C(CO)NC(=O)OC(C)(C)C)C(C(=O)Nc1ccccc1C)c1ccccc1O. The predicted octanol–water partition coefficient (Wildman–Crippen LogP) is 4.28. The van der Waals surface area contributed by atoms with Gasteiger partial charge in [0.25, 0.3) is 5.91 Å². The number of aliphatic hydroxyl groups is 1. The molecule has 0 fully saturated rings. The van der Waals surface area contributed by atoms with Crippen LogP contribution in [-0.2, 0) is 14.3 Å². The zero-order valence-electron chi connectivity index (χ0n) is 22.3. The molecule has 0 aliphatic heterocycles. The minimum Gasteiger partial charge on any atom is -0.508 e. The second kappa shape index (κ2) is 13.6. The first kappa shape index (κ1) is 29.6. The minimum atomic E-state index is -1.35. The van der Waals surface area contributed by atoms with E-state index < -0.39 is 42.2 Å². The van der Waals surface area contributed by atoms with E-state index in [4.69, 9.17) is 4.74 Å². The highest BCUT2D eigenvalue weighted by atomic mass is 16.6. The van der Waals surface area contributed by atoms with Gasteiger partial charge in [-0.15, -0.1) is 0 Å². The number of unbranched alkanes of at least 4 members (excludes halogenated alkanes) is 2. The normalized spacial score (nSPS) is 12.8. The largest absolute Gasteiger partial charge is 0.508 e. The van der Waals surface area contributed by atoms with Crippen LogP contribution in [0.5, 0.6) is 5.75 Å². The van der Waals surface area contributed by atoms with Crippen molar-refractivity contribution < 1.29 is 29.3 Å². The standard InChI is InChI=1S/C28H39N3O6/c1-6-7-12-17-31(26(35)22(18-32)30-27(36)37-28(3,4)5)24(20-14-9-11-16-23(20)33)25(34)29-21-15-10-8-13-19(21)2/h8-11,13-16,22,24,32-33H,6-7,12,17-18H2,1-5H3,(H,29,34)(H,30,36). The van der Waals surface area contributed by atoms with Gasteiger partial charge in [0.1, 0.15) is 23.4 Å². The molecule has 9 heteroatoms. The van der Waals surface area contributed by atoms with E-state index in [9.17, 15) is 24.6 Å². The first-order valence-corrected chi connectivity index (χ1v) is 12.5. The summed E-state index contributed by atoms with van der Waals surface area (Å²) in [7, 11) is 0. The Labute approximate surface area is 218 Å². The number of amides is 3. The van der Waals surface area contributed by atoms with Crippen molar-refractivity contribution in [2.75, 3.05) is 18.5 Å². The Morgan fingerprint density at radius 3 is 2.27 bits per heavy atom. The van der Waals surface area contributed by atoms with E-state index in [0.29, 0.717) is 12.1 Å². The summed E-state index contributed by atoms with van der Waals surface area (Å²) < 4.78 is 5.25. The Morgan fingerprint density at radius 2 is 1.68 bits per heavy atom. The van der Waals surface area contributed by atoms with Crippen LogP contribution in [0.4, 0.5) is 10.5 Å². The van der Waals surface area contributed by atoms with Gasteiger partial charge in [-0.3, -0.25) is 9.59 Å². The van der Waals surface area contributed by atoms with E-state index in [0.717, 1.165) is 18.4 Å². The minimum absolute atomic E-state index is 0.152. The van der Waals surface area contributed by atoms with Gasteiger partial charge in [-0.2, -0.15) is 0 Å². The highest BCUT2D eigenvalue weighted by Crippen LogP contribution is 2.31. The van der Waals surface area contributed by atoms with Crippen LogP contribution < -0.4 is 10.6 Å². The van der Waals surface area contributed by atoms with Crippen LogP contribution in [0.2, 0.25) is 0 Å². The Balaban J connectivity index is 2.49. The van der Waals surface area contributed by atoms with Crippen molar-refractivity contribution >= 4 is 23.6 Å². The van der Waals surface area contributed by atoms with Crippen molar-refractivity contribution in [3.63, 3.8) is 0 Å². The molecule has 0 heterocycles. The van der Waals surface area contributed by atoms with Gasteiger partial charge in [-0.25, -0.2) is 4.79 Å². The van der Waals surface area contributed by atoms with Crippen molar-refractivity contribution in [3.05, 3.63) is 59.7 Å². The number of anilines is 1. The number of alkyl carbamates (subject to hydrolysis) is 1. The van der Waals surface area contributed by atoms with Crippen molar-refractivity contribution in [2.24, 2.45) is 0 Å². The molecular weight excluding hydrogens is 474 g/mol. The molecule has 2 aromatic rings. The summed E-state index contributed by atoms with van der Waals surface area (Å²) in [5.41, 5.74) is 0.821. The number of benzene rings is 2. The highest BCUT2D eigenvalue weighted by Gasteiger charge is 2.37. The van der Waals surface area contributed by atoms with Gasteiger partial charge < -0.3 is 30.5 Å². The molecule has 0 bridgehead atoms. The zero-order chi connectivity index (χ0) is 27.6. The molecule has 0 radical (unpaired) electrons. The van der Waals surface area contributed by atoms with Crippen LogP contribution in [0.3, 0.4) is 0 Å². The summed E-state index contributed by atoms with van der Waals surface area (Å²) >= 11 is 0. The van der Waals surface area contributed by atoms with E-state index in [-0.39, 0.29) is 17.9 Å². The maximum Gasteiger partial charge on any atom is 0.408 e. The van der Waals surface area contributed by atoms with Crippen LogP contribution in [0, 0.1) is 6.92 Å². The fourth-order valence-corrected chi connectivity index (χ4v) is 3.82. The molecule has 0 saturated heterocycles. The van der Waals surface area contributed by atoms with Crippen LogP contribution >= 0.6 is 0 Å². The molecule has 0 spiro atoms. The molecule has 2 rings (SSSR count). The number of phenolic OH excluding ortho intramolecular Hbond substituents is 1. The first-order chi connectivity index (χ1) is 17.5. The fraction of sp³-hybridized carbons (Fsp3) is 0.464. The summed E-state index contributed by atoms with van der Waals surface area (Å²) in [6, 6.07) is 11.0. The lowest BCUT2D eigenvalue weighted by Crippen LogP contribution is -2.54. The molecule has 2 atom stereocenters. The second-order valence-corrected chi connectivity index (χ2v) is 9.89. The predicted molar refractivity (Wildman–Crippen MR) is 142 cm³/mol. The van der Waals surface area contributed by atoms with E-state index >= 15 is 0 Å². The number of carbonyl (C=O) groups excluding carboxylic acids is 3. The number of hydrogen-bond donors (Lipinski definition) is 4. The average molecular weight is 514 g/mol. The summed E-state index contributed by atoms with van der Waals surface area (Å²) in [5, 5.41) is 26.0. The van der Waals surface area contributed by atoms with Gasteiger partial charge in [-0.1, -0.05) is 56.2 Å². The number of para-hydroxylation sites is 2. The Morgan fingerprint density at radius 1 is 1.03 bits per heavy atom. The highest BCUT2D eigenvalue weighted by molar-refractivity contribution is 5.99. The number of rotatable bonds is 11. The van der Waals surface area contributed by atoms with Crippen LogP contribution in [0.25, 0.3) is 0 Å². The van der Waals surface area contributed by atoms with E-state index in [2.05, 4.69) is 10.6 Å². The number of aryl methyl sites for hydroxylation is 1. The third-order valence-electron chi connectivity index (χ3n) is 5.65. The molecule has 0 aliphatic carbocycles. The molecule has 2 aromatic carbocycles. The number of hydrogen-bond acceptors (Lipinski definition) is 6. The third-order valence-corrected chi connectivity index (χ3v) is 5.65. The number of aliphatic hydroxyl groups excluding tert-OH is 1. The Bertz CT molecular complexity index is 1070. The Kier molecular flexibility index (Phi) is 10.9. The van der Waals surface area contributed by atoms with Crippen molar-refractivity contribution in [3.8, 4) is 5.75 Å². The molecule has 4 N–H and O–H groups in total. The molecule has 37 heavy (non-hydrogen) atoms. The number of aromatic hydroxyl groups is 1. The van der Waals surface area contributed by atoms with Crippen molar-refractivity contribution in [1.29, 1.82) is 0 Å². The number of carbonyl (C=O) groups is 3. The summed E-state index contributed by atoms with van der Waals surface area (Å²) in [4.78, 5) is 41.2. The smallest absolute Gasteiger partial charge is 0.408 e. The summed E-state index contributed by atoms with van der Waals surface area (Å²) in [6.07, 6.45) is 1.38. The van der Waals surface area contributed by atoms with E-state index in [1.807, 2.05) is 26.0 Å². The molecule has 9 nitrogen and oxygen atoms in total. The van der Waals surface area contributed by atoms with Gasteiger partial charge >= 0.3 is 6.09 Å². The van der Waals surface area contributed by atoms with Gasteiger partial charge in [0.15, 0.2) is 0 Å². The number of nitrogens with one attached hydrogen (secondary N) is 2. The van der Waals surface area contributed by atoms with E-state index in [1.165, 1.54) is 11.0 Å². The van der Waals surface area contributed by atoms with Crippen molar-refractivity contribution in [1.82, 2.24) is 10.2 Å². The molecule has 2 unspecified atom stereocenters. The molecular formula is C28H39N3O6. The molecule has 3 amide bonds. The third kappa shape index (κ3) is 8.78. The number of ether oxygens (including phenoxy) is 1. The first-order valence-electron chi connectivity index (χ1n) is 12.5. The lowest BCUT2D eigenvalue weighted by atomic mass is 10.0. The quantitative estimate of drug-likeness (QED) is 0.332. The zero-order valence-corrected chi connectivity index (χ0v) is 22.3. The van der Waals surface area contributed by atoms with E-state index in [1.54, 1.807) is 51.1 Å². The summed E-state index contributed by atoms with van der Waals surface area (Å²) in [6.45, 7) is 8.38. The molecule has 0 aromatic heterocycles.